The van der Waals surface area contributed by atoms with Crippen LogP contribution in [-0.2, 0) is 6.54 Å². The molecule has 0 aliphatic carbocycles. The number of likely N-dealkylation sites (N-methyl/N-ethyl adjacent to an activating group) is 1. The number of anilines is 3. The fourth-order valence-corrected chi connectivity index (χ4v) is 2.52. The van der Waals surface area contributed by atoms with Crippen LogP contribution >= 0.6 is 0 Å². The first-order valence-corrected chi connectivity index (χ1v) is 6.84. The van der Waals surface area contributed by atoms with Crippen LogP contribution in [0.5, 0.6) is 0 Å². The topological polar surface area (TPSA) is 44.3 Å². The van der Waals surface area contributed by atoms with Gasteiger partial charge in [0.1, 0.15) is 0 Å². The van der Waals surface area contributed by atoms with Crippen molar-refractivity contribution in [2.24, 2.45) is 0 Å². The van der Waals surface area contributed by atoms with Gasteiger partial charge in [-0.15, -0.1) is 5.10 Å². The molecule has 5 nitrogen and oxygen atoms in total. The summed E-state index contributed by atoms with van der Waals surface area (Å²) in [5.41, 5.74) is 3.38. The summed E-state index contributed by atoms with van der Waals surface area (Å²) in [5.74, 6) is 0.908. The lowest BCUT2D eigenvalue weighted by atomic mass is 10.1. The summed E-state index contributed by atoms with van der Waals surface area (Å²) in [4.78, 5) is 4.50. The Morgan fingerprint density at radius 1 is 1.05 bits per heavy atom. The summed E-state index contributed by atoms with van der Waals surface area (Å²) in [5, 5.41) is 11.7. The Hall–Kier alpha value is -2.14. The fourth-order valence-electron chi connectivity index (χ4n) is 2.52. The highest BCUT2D eigenvalue weighted by Crippen LogP contribution is 2.35. The lowest BCUT2D eigenvalue weighted by Crippen LogP contribution is -2.36. The molecule has 0 unspecified atom stereocenters. The van der Waals surface area contributed by atoms with Crippen molar-refractivity contribution in [2.45, 2.75) is 6.54 Å². The molecule has 1 aromatic heterocycles. The summed E-state index contributed by atoms with van der Waals surface area (Å²) < 4.78 is 0. The summed E-state index contributed by atoms with van der Waals surface area (Å²) in [6, 6.07) is 12.5. The molecule has 2 heterocycles. The van der Waals surface area contributed by atoms with Crippen molar-refractivity contribution >= 4 is 17.2 Å². The van der Waals surface area contributed by atoms with Gasteiger partial charge in [-0.3, -0.25) is 0 Å². The molecule has 5 heteroatoms. The van der Waals surface area contributed by atoms with Crippen LogP contribution in [0.4, 0.5) is 17.2 Å². The van der Waals surface area contributed by atoms with Gasteiger partial charge in [-0.1, -0.05) is 12.1 Å². The first-order chi connectivity index (χ1) is 9.79. The van der Waals surface area contributed by atoms with E-state index in [0.29, 0.717) is 0 Å². The number of hydrogen-bond donors (Lipinski definition) is 1. The molecule has 0 bridgehead atoms. The second kappa shape index (κ2) is 5.46. The summed E-state index contributed by atoms with van der Waals surface area (Å²) >= 11 is 0. The number of hydrogen-bond acceptors (Lipinski definition) is 5. The summed E-state index contributed by atoms with van der Waals surface area (Å²) in [6.07, 6.45) is 0. The molecule has 0 radical (unpaired) electrons. The maximum atomic E-state index is 4.36. The van der Waals surface area contributed by atoms with Crippen molar-refractivity contribution in [1.82, 2.24) is 15.5 Å². The normalized spacial score (nSPS) is 14.3. The highest BCUT2D eigenvalue weighted by atomic mass is 15.3. The Kier molecular flexibility index (Phi) is 3.52. The van der Waals surface area contributed by atoms with Gasteiger partial charge in [-0.05, 0) is 31.3 Å². The highest BCUT2D eigenvalue weighted by molar-refractivity contribution is 5.77. The molecule has 20 heavy (non-hydrogen) atoms. The van der Waals surface area contributed by atoms with Gasteiger partial charge >= 0.3 is 0 Å². The van der Waals surface area contributed by atoms with E-state index in [9.17, 15) is 0 Å². The summed E-state index contributed by atoms with van der Waals surface area (Å²) in [6.45, 7) is 2.65. The smallest absolute Gasteiger partial charge is 0.155 e. The fraction of sp³-hybridized carbons (Fsp3) is 0.333. The predicted octanol–water partition coefficient (Wildman–Crippen LogP) is 1.78. The Morgan fingerprint density at radius 3 is 2.55 bits per heavy atom. The molecule has 104 valence electrons. The average Bonchev–Trinajstić information content (AvgIpc) is 2.49. The van der Waals surface area contributed by atoms with Gasteiger partial charge in [0.05, 0.1) is 17.1 Å². The molecular formula is C15H19N5. The van der Waals surface area contributed by atoms with Gasteiger partial charge < -0.3 is 15.1 Å². The molecule has 0 saturated carbocycles. The van der Waals surface area contributed by atoms with E-state index in [1.165, 1.54) is 11.4 Å². The van der Waals surface area contributed by atoms with Gasteiger partial charge in [0, 0.05) is 26.7 Å². The monoisotopic (exact) mass is 269 g/mol. The zero-order valence-corrected chi connectivity index (χ0v) is 11.9. The zero-order valence-electron chi connectivity index (χ0n) is 11.9. The second-order valence-corrected chi connectivity index (χ2v) is 4.98. The average molecular weight is 269 g/mol. The van der Waals surface area contributed by atoms with Crippen LogP contribution in [0.15, 0.2) is 36.4 Å². The standard InChI is InChI=1S/C15H19N5/c1-16-11-12-7-8-15(18-17-12)20-10-9-19(2)13-5-3-4-6-14(13)20/h3-8,16H,9-11H2,1-2H3. The molecule has 1 aliphatic rings. The molecule has 0 fully saturated rings. The molecular weight excluding hydrogens is 250 g/mol. The molecule has 1 N–H and O–H groups in total. The van der Waals surface area contributed by atoms with E-state index in [0.717, 1.165) is 31.1 Å². The van der Waals surface area contributed by atoms with Crippen molar-refractivity contribution in [3.63, 3.8) is 0 Å². The van der Waals surface area contributed by atoms with Gasteiger partial charge in [-0.25, -0.2) is 0 Å². The molecule has 3 rings (SSSR count). The SMILES string of the molecule is CNCc1ccc(N2CCN(C)c3ccccc32)nn1. The van der Waals surface area contributed by atoms with Crippen LogP contribution in [0.25, 0.3) is 0 Å². The third-order valence-corrected chi connectivity index (χ3v) is 3.58. The first kappa shape index (κ1) is 12.9. The molecule has 0 spiro atoms. The number of rotatable bonds is 3. The summed E-state index contributed by atoms with van der Waals surface area (Å²) in [7, 11) is 4.03. The third-order valence-electron chi connectivity index (χ3n) is 3.58. The molecule has 1 aromatic carbocycles. The van der Waals surface area contributed by atoms with Crippen molar-refractivity contribution in [2.75, 3.05) is 37.0 Å². The van der Waals surface area contributed by atoms with Crippen LogP contribution in [0.2, 0.25) is 0 Å². The largest absolute Gasteiger partial charge is 0.371 e. The van der Waals surface area contributed by atoms with Crippen molar-refractivity contribution in [3.8, 4) is 0 Å². The van der Waals surface area contributed by atoms with Gasteiger partial charge in [0.2, 0.25) is 0 Å². The number of benzene rings is 1. The van der Waals surface area contributed by atoms with E-state index in [1.807, 2.05) is 19.2 Å². The number of fused-ring (bicyclic) bond motifs is 1. The molecule has 2 aromatic rings. The maximum absolute atomic E-state index is 4.36. The highest BCUT2D eigenvalue weighted by Gasteiger charge is 2.21. The van der Waals surface area contributed by atoms with Gasteiger partial charge in [0.15, 0.2) is 5.82 Å². The van der Waals surface area contributed by atoms with E-state index < -0.39 is 0 Å². The Bertz CT molecular complexity index is 581. The Balaban J connectivity index is 1.93. The molecule has 0 saturated heterocycles. The van der Waals surface area contributed by atoms with Crippen LogP contribution in [0, 0.1) is 0 Å². The second-order valence-electron chi connectivity index (χ2n) is 4.98. The zero-order chi connectivity index (χ0) is 13.9. The van der Waals surface area contributed by atoms with Gasteiger partial charge in [-0.2, -0.15) is 5.10 Å². The van der Waals surface area contributed by atoms with E-state index in [2.05, 4.69) is 56.6 Å². The molecule has 0 amide bonds. The minimum atomic E-state index is 0.743. The predicted molar refractivity (Wildman–Crippen MR) is 81.5 cm³/mol. The number of nitrogens with one attached hydrogen (secondary N) is 1. The minimum absolute atomic E-state index is 0.743. The lowest BCUT2D eigenvalue weighted by molar-refractivity contribution is 0.755. The molecule has 1 aliphatic heterocycles. The number of para-hydroxylation sites is 2. The quantitative estimate of drug-likeness (QED) is 0.920. The van der Waals surface area contributed by atoms with Crippen LogP contribution in [0.3, 0.4) is 0 Å². The Morgan fingerprint density at radius 2 is 1.85 bits per heavy atom. The maximum Gasteiger partial charge on any atom is 0.155 e. The van der Waals surface area contributed by atoms with E-state index in [1.54, 1.807) is 0 Å². The number of nitrogens with zero attached hydrogens (tertiary/aromatic N) is 4. The van der Waals surface area contributed by atoms with E-state index in [4.69, 9.17) is 0 Å². The third kappa shape index (κ3) is 2.32. The van der Waals surface area contributed by atoms with Crippen molar-refractivity contribution < 1.29 is 0 Å². The number of aromatic nitrogens is 2. The first-order valence-electron chi connectivity index (χ1n) is 6.84. The van der Waals surface area contributed by atoms with E-state index >= 15 is 0 Å². The van der Waals surface area contributed by atoms with Crippen LogP contribution in [0.1, 0.15) is 5.69 Å². The van der Waals surface area contributed by atoms with Crippen molar-refractivity contribution in [1.29, 1.82) is 0 Å². The van der Waals surface area contributed by atoms with E-state index in [-0.39, 0.29) is 0 Å². The van der Waals surface area contributed by atoms with Gasteiger partial charge in [0.25, 0.3) is 0 Å². The van der Waals surface area contributed by atoms with Crippen LogP contribution < -0.4 is 15.1 Å². The minimum Gasteiger partial charge on any atom is -0.371 e. The Labute approximate surface area is 119 Å². The van der Waals surface area contributed by atoms with Crippen molar-refractivity contribution in [3.05, 3.63) is 42.1 Å². The van der Waals surface area contributed by atoms with Crippen LogP contribution in [-0.4, -0.2) is 37.4 Å². The lowest BCUT2D eigenvalue weighted by Gasteiger charge is -2.36. The molecule has 0 atom stereocenters.